The minimum Gasteiger partial charge on any atom is -0.328 e. The molecule has 2 aromatic rings. The minimum absolute atomic E-state index is 0.0314. The Bertz CT molecular complexity index is 611. The number of benzene rings is 2. The van der Waals surface area contributed by atoms with Crippen molar-refractivity contribution in [3.8, 4) is 0 Å². The second-order valence-corrected chi connectivity index (χ2v) is 5.95. The van der Waals surface area contributed by atoms with E-state index < -0.39 is 0 Å². The average Bonchev–Trinajstić information content (AvgIpc) is 2.56. The Labute approximate surface area is 123 Å². The number of rotatable bonds is 2. The third kappa shape index (κ3) is 2.84. The van der Waals surface area contributed by atoms with E-state index in [2.05, 4.69) is 0 Å². The Kier molecular flexibility index (Phi) is 3.77. The lowest BCUT2D eigenvalue weighted by Gasteiger charge is -2.22. The fourth-order valence-electron chi connectivity index (χ4n) is 3.32. The fourth-order valence-corrected chi connectivity index (χ4v) is 3.32. The van der Waals surface area contributed by atoms with Crippen molar-refractivity contribution < 1.29 is 8.78 Å². The molecule has 0 aromatic heterocycles. The number of hydrogen-bond donors (Lipinski definition) is 1. The predicted molar refractivity (Wildman–Crippen MR) is 80.3 cm³/mol. The van der Waals surface area contributed by atoms with E-state index in [4.69, 9.17) is 5.73 Å². The van der Waals surface area contributed by atoms with E-state index in [9.17, 15) is 8.78 Å². The van der Waals surface area contributed by atoms with Gasteiger partial charge in [-0.1, -0.05) is 12.1 Å². The Morgan fingerprint density at radius 3 is 1.90 bits per heavy atom. The molecule has 0 fully saturated rings. The summed E-state index contributed by atoms with van der Waals surface area (Å²) in [5, 5.41) is 0. The molecule has 1 aliphatic rings. The van der Waals surface area contributed by atoms with Crippen molar-refractivity contribution >= 4 is 0 Å². The lowest BCUT2D eigenvalue weighted by Crippen LogP contribution is -2.20. The van der Waals surface area contributed by atoms with Gasteiger partial charge >= 0.3 is 0 Å². The maximum absolute atomic E-state index is 13.5. The highest BCUT2D eigenvalue weighted by atomic mass is 19.1. The highest BCUT2D eigenvalue weighted by molar-refractivity contribution is 5.45. The molecule has 3 rings (SSSR count). The van der Waals surface area contributed by atoms with Gasteiger partial charge in [0.1, 0.15) is 11.6 Å². The molecule has 0 saturated carbocycles. The maximum Gasteiger partial charge on any atom is 0.123 e. The van der Waals surface area contributed by atoms with Crippen LogP contribution in [0, 0.1) is 11.6 Å². The van der Waals surface area contributed by atoms with Crippen LogP contribution in [0.25, 0.3) is 0 Å². The lowest BCUT2D eigenvalue weighted by molar-refractivity contribution is 0.596. The summed E-state index contributed by atoms with van der Waals surface area (Å²) in [4.78, 5) is 0. The molecule has 0 aliphatic heterocycles. The zero-order chi connectivity index (χ0) is 15.0. The zero-order valence-corrected chi connectivity index (χ0v) is 12.1. The molecular formula is C18H19F2N. The van der Waals surface area contributed by atoms with Gasteiger partial charge in [0.25, 0.3) is 0 Å². The topological polar surface area (TPSA) is 26.0 Å². The van der Waals surface area contributed by atoms with E-state index in [1.807, 2.05) is 19.1 Å². The van der Waals surface area contributed by atoms with Crippen LogP contribution < -0.4 is 5.73 Å². The Hall–Kier alpha value is -1.74. The summed E-state index contributed by atoms with van der Waals surface area (Å²) in [5.74, 6) is -0.324. The van der Waals surface area contributed by atoms with Gasteiger partial charge in [0, 0.05) is 12.0 Å². The summed E-state index contributed by atoms with van der Waals surface area (Å²) in [6.45, 7) is 1.97. The van der Waals surface area contributed by atoms with Crippen LogP contribution in [0.2, 0.25) is 0 Å². The van der Waals surface area contributed by atoms with Crippen LogP contribution in [0.1, 0.15) is 41.5 Å². The third-order valence-electron chi connectivity index (χ3n) is 4.23. The smallest absolute Gasteiger partial charge is 0.123 e. The molecule has 2 aromatic carbocycles. The normalized spacial score (nSPS) is 16.0. The van der Waals surface area contributed by atoms with Crippen molar-refractivity contribution in [3.05, 3.63) is 70.3 Å². The molecule has 0 radical (unpaired) electrons. The Morgan fingerprint density at radius 2 is 1.48 bits per heavy atom. The fraction of sp³-hybridized carbons (Fsp3) is 0.333. The van der Waals surface area contributed by atoms with E-state index in [1.54, 1.807) is 12.1 Å². The second kappa shape index (κ2) is 5.57. The van der Waals surface area contributed by atoms with Crippen molar-refractivity contribution in [2.24, 2.45) is 5.73 Å². The number of halogens is 2. The van der Waals surface area contributed by atoms with Gasteiger partial charge in [-0.25, -0.2) is 8.78 Å². The number of aryl methyl sites for hydroxylation is 2. The van der Waals surface area contributed by atoms with Gasteiger partial charge in [0.2, 0.25) is 0 Å². The van der Waals surface area contributed by atoms with Gasteiger partial charge in [-0.2, -0.15) is 0 Å². The lowest BCUT2D eigenvalue weighted by atomic mass is 9.84. The average molecular weight is 287 g/mol. The molecule has 2 N–H and O–H groups in total. The molecule has 3 heteroatoms. The molecule has 0 saturated heterocycles. The molecule has 1 unspecified atom stereocenters. The Balaban J connectivity index is 2.15. The third-order valence-corrected chi connectivity index (χ3v) is 4.23. The van der Waals surface area contributed by atoms with Crippen LogP contribution in [-0.4, -0.2) is 6.04 Å². The van der Waals surface area contributed by atoms with Crippen LogP contribution >= 0.6 is 0 Å². The summed E-state index contributed by atoms with van der Waals surface area (Å²) in [6.07, 6.45) is 2.25. The molecule has 0 heterocycles. The summed E-state index contributed by atoms with van der Waals surface area (Å²) in [7, 11) is 0. The van der Waals surface area contributed by atoms with Crippen molar-refractivity contribution in [1.29, 1.82) is 0 Å². The van der Waals surface area contributed by atoms with Crippen LogP contribution in [-0.2, 0) is 12.8 Å². The first-order valence-electron chi connectivity index (χ1n) is 7.37. The molecule has 1 aliphatic carbocycles. The standard InChI is InChI=1S/C18H19F2N/c1-11(21)8-18-16-6-4-14(19)9-12(16)2-3-13-10-15(20)5-7-17(13)18/h4-7,9-11,18H,2-3,8,21H2,1H3. The molecule has 0 bridgehead atoms. The predicted octanol–water partition coefficient (Wildman–Crippen LogP) is 3.93. The molecule has 21 heavy (non-hydrogen) atoms. The first-order chi connectivity index (χ1) is 10.0. The summed E-state index contributed by atoms with van der Waals surface area (Å²) >= 11 is 0. The van der Waals surface area contributed by atoms with Crippen molar-refractivity contribution in [1.82, 2.24) is 0 Å². The van der Waals surface area contributed by atoms with Crippen LogP contribution in [0.3, 0.4) is 0 Å². The van der Waals surface area contributed by atoms with E-state index in [0.29, 0.717) is 0 Å². The minimum atomic E-state index is -0.217. The monoisotopic (exact) mass is 287 g/mol. The van der Waals surface area contributed by atoms with Gasteiger partial charge in [-0.15, -0.1) is 0 Å². The second-order valence-electron chi connectivity index (χ2n) is 5.95. The Morgan fingerprint density at radius 1 is 1.00 bits per heavy atom. The van der Waals surface area contributed by atoms with E-state index in [0.717, 1.165) is 41.5 Å². The molecule has 0 amide bonds. The first kappa shape index (κ1) is 14.2. The van der Waals surface area contributed by atoms with Gasteiger partial charge in [-0.05, 0) is 72.7 Å². The van der Waals surface area contributed by atoms with Gasteiger partial charge in [0.05, 0.1) is 0 Å². The summed E-state index contributed by atoms with van der Waals surface area (Å²) < 4.78 is 27.1. The molecular weight excluding hydrogens is 268 g/mol. The summed E-state index contributed by atoms with van der Waals surface area (Å²) in [6, 6.07) is 9.95. The van der Waals surface area contributed by atoms with Crippen LogP contribution in [0.4, 0.5) is 8.78 Å². The van der Waals surface area contributed by atoms with Gasteiger partial charge in [-0.3, -0.25) is 0 Å². The van der Waals surface area contributed by atoms with Crippen molar-refractivity contribution in [2.45, 2.75) is 38.1 Å². The molecule has 110 valence electrons. The molecule has 0 spiro atoms. The summed E-state index contributed by atoms with van der Waals surface area (Å²) in [5.41, 5.74) is 10.3. The van der Waals surface area contributed by atoms with Crippen molar-refractivity contribution in [3.63, 3.8) is 0 Å². The first-order valence-corrected chi connectivity index (χ1v) is 7.37. The van der Waals surface area contributed by atoms with Crippen LogP contribution in [0.5, 0.6) is 0 Å². The maximum atomic E-state index is 13.5. The van der Waals surface area contributed by atoms with Gasteiger partial charge < -0.3 is 5.73 Å². The van der Waals surface area contributed by atoms with E-state index >= 15 is 0 Å². The van der Waals surface area contributed by atoms with E-state index in [1.165, 1.54) is 12.1 Å². The largest absolute Gasteiger partial charge is 0.328 e. The van der Waals surface area contributed by atoms with E-state index in [-0.39, 0.29) is 23.6 Å². The highest BCUT2D eigenvalue weighted by Crippen LogP contribution is 2.37. The molecule has 1 atom stereocenters. The number of nitrogens with two attached hydrogens (primary N) is 1. The number of fused-ring (bicyclic) bond motifs is 2. The van der Waals surface area contributed by atoms with Gasteiger partial charge in [0.15, 0.2) is 0 Å². The SMILES string of the molecule is CC(N)CC1c2ccc(F)cc2CCc2cc(F)ccc21. The zero-order valence-electron chi connectivity index (χ0n) is 12.1. The quantitative estimate of drug-likeness (QED) is 0.889. The highest BCUT2D eigenvalue weighted by Gasteiger charge is 2.25. The molecule has 1 nitrogen and oxygen atoms in total. The van der Waals surface area contributed by atoms with Crippen LogP contribution in [0.15, 0.2) is 36.4 Å². The number of hydrogen-bond acceptors (Lipinski definition) is 1. The van der Waals surface area contributed by atoms with Crippen molar-refractivity contribution in [2.75, 3.05) is 0 Å².